The molecule has 1 amide bonds. The molecule has 3 heteroatoms. The van der Waals surface area contributed by atoms with Gasteiger partial charge in [-0.15, -0.1) is 6.58 Å². The van der Waals surface area contributed by atoms with E-state index in [9.17, 15) is 4.79 Å². The van der Waals surface area contributed by atoms with Gasteiger partial charge in [-0.25, -0.2) is 0 Å². The molecule has 1 heterocycles. The fourth-order valence-corrected chi connectivity index (χ4v) is 1.53. The van der Waals surface area contributed by atoms with Crippen LogP contribution in [0.5, 0.6) is 0 Å². The Morgan fingerprint density at radius 3 is 3.09 bits per heavy atom. The van der Waals surface area contributed by atoms with Crippen LogP contribution in [0, 0.1) is 0 Å². The maximum absolute atomic E-state index is 10.8. The Morgan fingerprint density at radius 1 is 1.82 bits per heavy atom. The van der Waals surface area contributed by atoms with Gasteiger partial charge in [0.1, 0.15) is 0 Å². The molecule has 0 bridgehead atoms. The van der Waals surface area contributed by atoms with Gasteiger partial charge in [0.05, 0.1) is 6.04 Å². The molecule has 1 fully saturated rings. The smallest absolute Gasteiger partial charge is 0.234 e. The molecule has 0 radical (unpaired) electrons. The van der Waals surface area contributed by atoms with E-state index in [1.807, 2.05) is 0 Å². The second kappa shape index (κ2) is 3.53. The van der Waals surface area contributed by atoms with E-state index in [0.717, 1.165) is 25.9 Å². The molecule has 3 nitrogen and oxygen atoms in total. The first-order valence-corrected chi connectivity index (χ1v) is 3.90. The topological polar surface area (TPSA) is 46.3 Å². The summed E-state index contributed by atoms with van der Waals surface area (Å²) in [7, 11) is 0. The van der Waals surface area contributed by atoms with Gasteiger partial charge in [-0.3, -0.25) is 9.69 Å². The predicted molar refractivity (Wildman–Crippen MR) is 44.0 cm³/mol. The highest BCUT2D eigenvalue weighted by Gasteiger charge is 2.27. The van der Waals surface area contributed by atoms with E-state index in [1.54, 1.807) is 6.08 Å². The van der Waals surface area contributed by atoms with Crippen molar-refractivity contribution in [1.29, 1.82) is 0 Å². The van der Waals surface area contributed by atoms with Crippen molar-refractivity contribution in [1.82, 2.24) is 4.90 Å². The number of carbonyl (C=O) groups is 1. The first kappa shape index (κ1) is 8.27. The zero-order valence-electron chi connectivity index (χ0n) is 6.62. The average Bonchev–Trinajstić information content (AvgIpc) is 2.36. The molecule has 1 saturated heterocycles. The van der Waals surface area contributed by atoms with Crippen LogP contribution >= 0.6 is 0 Å². The van der Waals surface area contributed by atoms with Gasteiger partial charge in [0.25, 0.3) is 0 Å². The molecule has 2 N–H and O–H groups in total. The summed E-state index contributed by atoms with van der Waals surface area (Å²) in [5.74, 6) is -0.204. The number of likely N-dealkylation sites (tertiary alicyclic amines) is 1. The van der Waals surface area contributed by atoms with Crippen molar-refractivity contribution in [2.45, 2.75) is 18.9 Å². The monoisotopic (exact) mass is 154 g/mol. The summed E-state index contributed by atoms with van der Waals surface area (Å²) in [5, 5.41) is 0. The highest BCUT2D eigenvalue weighted by Crippen LogP contribution is 2.15. The Bertz CT molecular complexity index is 167. The van der Waals surface area contributed by atoms with Crippen LogP contribution in [0.3, 0.4) is 0 Å². The summed E-state index contributed by atoms with van der Waals surface area (Å²) in [6.07, 6.45) is 3.78. The third-order valence-electron chi connectivity index (χ3n) is 2.06. The molecule has 0 aromatic rings. The van der Waals surface area contributed by atoms with E-state index >= 15 is 0 Å². The maximum atomic E-state index is 10.8. The fourth-order valence-electron chi connectivity index (χ4n) is 1.53. The first-order chi connectivity index (χ1) is 5.25. The normalized spacial score (nSPS) is 25.3. The number of carbonyl (C=O) groups excluding carboxylic acids is 1. The van der Waals surface area contributed by atoms with Gasteiger partial charge in [0, 0.05) is 6.54 Å². The Hall–Kier alpha value is -0.830. The number of amides is 1. The van der Waals surface area contributed by atoms with E-state index in [4.69, 9.17) is 5.73 Å². The second-order valence-corrected chi connectivity index (χ2v) is 2.84. The molecular formula is C8H14N2O. The number of nitrogens with zero attached hydrogens (tertiary/aromatic N) is 1. The van der Waals surface area contributed by atoms with Crippen molar-refractivity contribution < 1.29 is 4.79 Å². The number of hydrogen-bond donors (Lipinski definition) is 1. The zero-order valence-corrected chi connectivity index (χ0v) is 6.62. The van der Waals surface area contributed by atoms with Crippen molar-refractivity contribution in [3.63, 3.8) is 0 Å². The van der Waals surface area contributed by atoms with E-state index in [0.29, 0.717) is 0 Å². The van der Waals surface area contributed by atoms with Crippen LogP contribution in [0.4, 0.5) is 0 Å². The average molecular weight is 154 g/mol. The van der Waals surface area contributed by atoms with Crippen LogP contribution in [0.25, 0.3) is 0 Å². The van der Waals surface area contributed by atoms with Gasteiger partial charge < -0.3 is 5.73 Å². The van der Waals surface area contributed by atoms with Crippen molar-refractivity contribution in [3.05, 3.63) is 12.7 Å². The van der Waals surface area contributed by atoms with E-state index < -0.39 is 0 Å². The van der Waals surface area contributed by atoms with Gasteiger partial charge in [0.2, 0.25) is 5.91 Å². The van der Waals surface area contributed by atoms with E-state index in [2.05, 4.69) is 11.5 Å². The van der Waals surface area contributed by atoms with E-state index in [-0.39, 0.29) is 11.9 Å². The molecule has 0 aromatic carbocycles. The lowest BCUT2D eigenvalue weighted by Gasteiger charge is -2.19. The maximum Gasteiger partial charge on any atom is 0.234 e. The van der Waals surface area contributed by atoms with Crippen molar-refractivity contribution >= 4 is 5.91 Å². The van der Waals surface area contributed by atoms with Crippen molar-refractivity contribution in [2.75, 3.05) is 13.1 Å². The van der Waals surface area contributed by atoms with Crippen LogP contribution in [0.2, 0.25) is 0 Å². The number of nitrogens with two attached hydrogens (primary N) is 1. The molecule has 0 spiro atoms. The molecule has 1 rings (SSSR count). The Labute approximate surface area is 66.9 Å². The lowest BCUT2D eigenvalue weighted by molar-refractivity contribution is -0.122. The van der Waals surface area contributed by atoms with Gasteiger partial charge in [0.15, 0.2) is 0 Å². The molecule has 62 valence electrons. The third-order valence-corrected chi connectivity index (χ3v) is 2.06. The number of rotatable bonds is 3. The minimum atomic E-state index is -0.204. The zero-order chi connectivity index (χ0) is 8.27. The summed E-state index contributed by atoms with van der Waals surface area (Å²) in [6, 6.07) is -0.0481. The molecular weight excluding hydrogens is 140 g/mol. The highest BCUT2D eigenvalue weighted by molar-refractivity contribution is 5.80. The fraction of sp³-hybridized carbons (Fsp3) is 0.625. The van der Waals surface area contributed by atoms with Gasteiger partial charge in [-0.05, 0) is 19.4 Å². The molecule has 0 aromatic heterocycles. The molecule has 11 heavy (non-hydrogen) atoms. The Morgan fingerprint density at radius 2 is 2.55 bits per heavy atom. The number of primary amides is 1. The van der Waals surface area contributed by atoms with Gasteiger partial charge in [-0.2, -0.15) is 0 Å². The highest BCUT2D eigenvalue weighted by atomic mass is 16.1. The van der Waals surface area contributed by atoms with Crippen LogP contribution in [0.1, 0.15) is 12.8 Å². The van der Waals surface area contributed by atoms with Crippen LogP contribution in [-0.4, -0.2) is 29.9 Å². The van der Waals surface area contributed by atoms with Crippen LogP contribution < -0.4 is 5.73 Å². The molecule has 0 unspecified atom stereocenters. The molecule has 0 aliphatic carbocycles. The SMILES string of the molecule is C=CCN1CCC[C@H]1C(N)=O. The second-order valence-electron chi connectivity index (χ2n) is 2.84. The standard InChI is InChI=1S/C8H14N2O/c1-2-5-10-6-3-4-7(10)8(9)11/h2,7H,1,3-6H2,(H2,9,11)/t7-/m0/s1. The minimum absolute atomic E-state index is 0.0481. The molecule has 1 aliphatic heterocycles. The van der Waals surface area contributed by atoms with Gasteiger partial charge in [-0.1, -0.05) is 6.08 Å². The first-order valence-electron chi connectivity index (χ1n) is 3.90. The Kier molecular flexibility index (Phi) is 2.65. The lowest BCUT2D eigenvalue weighted by Crippen LogP contribution is -2.40. The summed E-state index contributed by atoms with van der Waals surface area (Å²) in [6.45, 7) is 5.37. The van der Waals surface area contributed by atoms with Crippen molar-refractivity contribution in [2.24, 2.45) is 5.73 Å². The van der Waals surface area contributed by atoms with Crippen LogP contribution in [-0.2, 0) is 4.79 Å². The Balaban J connectivity index is 2.50. The minimum Gasteiger partial charge on any atom is -0.368 e. The lowest BCUT2D eigenvalue weighted by atomic mass is 10.2. The summed E-state index contributed by atoms with van der Waals surface area (Å²) in [4.78, 5) is 12.9. The summed E-state index contributed by atoms with van der Waals surface area (Å²) >= 11 is 0. The molecule has 0 saturated carbocycles. The largest absolute Gasteiger partial charge is 0.368 e. The van der Waals surface area contributed by atoms with Gasteiger partial charge >= 0.3 is 0 Å². The molecule has 1 aliphatic rings. The predicted octanol–water partition coefficient (Wildman–Crippen LogP) is 0.122. The summed E-state index contributed by atoms with van der Waals surface area (Å²) in [5.41, 5.74) is 5.20. The third kappa shape index (κ3) is 1.80. The number of hydrogen-bond acceptors (Lipinski definition) is 2. The van der Waals surface area contributed by atoms with Crippen LogP contribution in [0.15, 0.2) is 12.7 Å². The summed E-state index contributed by atoms with van der Waals surface area (Å²) < 4.78 is 0. The quantitative estimate of drug-likeness (QED) is 0.587. The van der Waals surface area contributed by atoms with Crippen molar-refractivity contribution in [3.8, 4) is 0 Å². The van der Waals surface area contributed by atoms with E-state index in [1.165, 1.54) is 0 Å². The molecule has 1 atom stereocenters.